The molecule has 1 heterocycles. The molecule has 2 N–H and O–H groups in total. The van der Waals surface area contributed by atoms with E-state index in [0.717, 1.165) is 18.4 Å². The molecule has 41 heavy (non-hydrogen) atoms. The van der Waals surface area contributed by atoms with Gasteiger partial charge < -0.3 is 15.3 Å². The van der Waals surface area contributed by atoms with E-state index in [1.54, 1.807) is 42.5 Å². The van der Waals surface area contributed by atoms with Gasteiger partial charge in [0.05, 0.1) is 5.71 Å². The molecule has 1 aliphatic heterocycles. The summed E-state index contributed by atoms with van der Waals surface area (Å²) in [4.78, 5) is 53.5. The minimum absolute atomic E-state index is 0.128. The zero-order chi connectivity index (χ0) is 29.5. The average Bonchev–Trinajstić information content (AvgIpc) is 3.49. The van der Waals surface area contributed by atoms with Crippen LogP contribution in [-0.2, 0) is 14.4 Å². The van der Waals surface area contributed by atoms with E-state index in [2.05, 4.69) is 17.4 Å². The fourth-order valence-electron chi connectivity index (χ4n) is 4.56. The highest BCUT2D eigenvalue weighted by atomic mass is 16.7. The number of nitrogens with one attached hydrogen (secondary N) is 1. The molecule has 0 saturated carbocycles. The van der Waals surface area contributed by atoms with Crippen molar-refractivity contribution >= 4 is 35.2 Å². The van der Waals surface area contributed by atoms with Crippen molar-refractivity contribution in [3.8, 4) is 0 Å². The van der Waals surface area contributed by atoms with Crippen LogP contribution in [0.15, 0.2) is 59.8 Å². The van der Waals surface area contributed by atoms with Crippen LogP contribution in [0, 0.1) is 0 Å². The summed E-state index contributed by atoms with van der Waals surface area (Å²) in [6.45, 7) is 2.89. The lowest BCUT2D eigenvalue weighted by Crippen LogP contribution is -2.21. The summed E-state index contributed by atoms with van der Waals surface area (Å²) in [7, 11) is 0. The SMILES string of the molecule is CCCCCCCCCCCCNC(=O)/C=C/c1ccc(C(=O)C(=O)c2ccc(C3=NOC(C(=O)O)C3)cc2)cc1. The van der Waals surface area contributed by atoms with Crippen LogP contribution in [0.2, 0.25) is 0 Å². The topological polar surface area (TPSA) is 122 Å². The lowest BCUT2D eigenvalue weighted by Gasteiger charge is -2.04. The molecule has 1 aliphatic rings. The van der Waals surface area contributed by atoms with Gasteiger partial charge in [0.25, 0.3) is 0 Å². The molecule has 0 spiro atoms. The van der Waals surface area contributed by atoms with E-state index in [1.807, 2.05) is 0 Å². The van der Waals surface area contributed by atoms with Crippen LogP contribution in [0.1, 0.15) is 109 Å². The Morgan fingerprint density at radius 1 is 0.829 bits per heavy atom. The molecular weight excluding hydrogens is 520 g/mol. The highest BCUT2D eigenvalue weighted by Crippen LogP contribution is 2.18. The first-order chi connectivity index (χ1) is 19.9. The standard InChI is InChI=1S/C33H40N2O6/c1-2-3-4-5-6-7-8-9-10-11-22-34-30(36)21-14-24-12-15-26(16-13-24)31(37)32(38)27-19-17-25(18-20-27)28-23-29(33(39)40)41-35-28/h12-21,29H,2-11,22-23H2,1H3,(H,34,36)(H,39,40)/b21-14+. The van der Waals surface area contributed by atoms with Crippen molar-refractivity contribution < 1.29 is 29.1 Å². The molecule has 218 valence electrons. The summed E-state index contributed by atoms with van der Waals surface area (Å²) in [5.41, 5.74) is 2.31. The number of hydrogen-bond donors (Lipinski definition) is 2. The zero-order valence-electron chi connectivity index (χ0n) is 23.8. The van der Waals surface area contributed by atoms with E-state index >= 15 is 0 Å². The summed E-state index contributed by atoms with van der Waals surface area (Å²) < 4.78 is 0. The summed E-state index contributed by atoms with van der Waals surface area (Å²) >= 11 is 0. The van der Waals surface area contributed by atoms with E-state index in [-0.39, 0.29) is 23.5 Å². The zero-order valence-corrected chi connectivity index (χ0v) is 23.8. The van der Waals surface area contributed by atoms with Crippen LogP contribution >= 0.6 is 0 Å². The number of aliphatic carboxylic acids is 1. The maximum absolute atomic E-state index is 12.7. The summed E-state index contributed by atoms with van der Waals surface area (Å²) in [5, 5.41) is 15.7. The van der Waals surface area contributed by atoms with Crippen molar-refractivity contribution in [3.63, 3.8) is 0 Å². The predicted molar refractivity (Wildman–Crippen MR) is 159 cm³/mol. The number of oxime groups is 1. The van der Waals surface area contributed by atoms with E-state index in [4.69, 9.17) is 9.94 Å². The quantitative estimate of drug-likeness (QED) is 0.0944. The van der Waals surface area contributed by atoms with Crippen molar-refractivity contribution in [1.82, 2.24) is 5.32 Å². The van der Waals surface area contributed by atoms with Gasteiger partial charge in [-0.05, 0) is 23.6 Å². The van der Waals surface area contributed by atoms with E-state index in [9.17, 15) is 19.2 Å². The Morgan fingerprint density at radius 3 is 1.90 bits per heavy atom. The molecule has 2 aromatic rings. The van der Waals surface area contributed by atoms with Crippen LogP contribution in [-0.4, -0.2) is 46.9 Å². The Bertz CT molecular complexity index is 1230. The number of Topliss-reactive ketones (excluding diaryl/α,β-unsaturated/α-hetero) is 2. The number of benzene rings is 2. The summed E-state index contributed by atoms with van der Waals surface area (Å²) in [6, 6.07) is 12.7. The third-order valence-electron chi connectivity index (χ3n) is 7.06. The Kier molecular flexibility index (Phi) is 13.0. The first-order valence-corrected chi connectivity index (χ1v) is 14.6. The minimum Gasteiger partial charge on any atom is -0.478 e. The maximum atomic E-state index is 12.7. The second-order valence-electron chi connectivity index (χ2n) is 10.3. The maximum Gasteiger partial charge on any atom is 0.348 e. The summed E-state index contributed by atoms with van der Waals surface area (Å²) in [6.07, 6.45) is 14.8. The minimum atomic E-state index is -1.09. The number of nitrogens with zero attached hydrogens (tertiary/aromatic N) is 1. The van der Waals surface area contributed by atoms with Gasteiger partial charge in [-0.3, -0.25) is 14.4 Å². The fraction of sp³-hybridized carbons (Fsp3) is 0.424. The van der Waals surface area contributed by atoms with Gasteiger partial charge >= 0.3 is 5.97 Å². The molecule has 0 radical (unpaired) electrons. The largest absolute Gasteiger partial charge is 0.478 e. The second-order valence-corrected chi connectivity index (χ2v) is 10.3. The predicted octanol–water partition coefficient (Wildman–Crippen LogP) is 6.38. The Balaban J connectivity index is 1.37. The normalized spacial score (nSPS) is 14.5. The number of carbonyl (C=O) groups excluding carboxylic acids is 3. The number of carbonyl (C=O) groups is 4. The second kappa shape index (κ2) is 16.9. The monoisotopic (exact) mass is 560 g/mol. The molecule has 2 aromatic carbocycles. The first kappa shape index (κ1) is 31.5. The van der Waals surface area contributed by atoms with E-state index in [0.29, 0.717) is 17.8 Å². The van der Waals surface area contributed by atoms with Crippen LogP contribution in [0.5, 0.6) is 0 Å². The van der Waals surface area contributed by atoms with Crippen LogP contribution in [0.4, 0.5) is 0 Å². The number of amides is 1. The van der Waals surface area contributed by atoms with Gasteiger partial charge in [0.2, 0.25) is 23.6 Å². The molecule has 3 rings (SSSR count). The highest BCUT2D eigenvalue weighted by Gasteiger charge is 2.28. The van der Waals surface area contributed by atoms with E-state index in [1.165, 1.54) is 69.6 Å². The van der Waals surface area contributed by atoms with Gasteiger partial charge in [-0.15, -0.1) is 0 Å². The molecule has 8 heteroatoms. The molecule has 0 saturated heterocycles. The van der Waals surface area contributed by atoms with Gasteiger partial charge in [-0.1, -0.05) is 118 Å². The molecule has 1 amide bonds. The van der Waals surface area contributed by atoms with Gasteiger partial charge in [0, 0.05) is 30.2 Å². The number of rotatable bonds is 18. The number of ketones is 2. The lowest BCUT2D eigenvalue weighted by molar-refractivity contribution is -0.148. The van der Waals surface area contributed by atoms with E-state index < -0.39 is 23.6 Å². The molecule has 0 aromatic heterocycles. The average molecular weight is 561 g/mol. The van der Waals surface area contributed by atoms with Crippen LogP contribution in [0.25, 0.3) is 6.08 Å². The highest BCUT2D eigenvalue weighted by molar-refractivity contribution is 6.49. The fourth-order valence-corrected chi connectivity index (χ4v) is 4.56. The molecule has 0 aliphatic carbocycles. The molecular formula is C33H40N2O6. The molecule has 8 nitrogen and oxygen atoms in total. The van der Waals surface area contributed by atoms with Crippen LogP contribution < -0.4 is 5.32 Å². The van der Waals surface area contributed by atoms with Gasteiger partial charge in [0.1, 0.15) is 0 Å². The Morgan fingerprint density at radius 2 is 1.37 bits per heavy atom. The van der Waals surface area contributed by atoms with Crippen molar-refractivity contribution in [3.05, 3.63) is 76.9 Å². The number of carboxylic acids is 1. The number of unbranched alkanes of at least 4 members (excludes halogenated alkanes) is 9. The molecule has 1 unspecified atom stereocenters. The van der Waals surface area contributed by atoms with Crippen LogP contribution in [0.3, 0.4) is 0 Å². The third-order valence-corrected chi connectivity index (χ3v) is 7.06. The van der Waals surface area contributed by atoms with Crippen molar-refractivity contribution in [2.24, 2.45) is 5.16 Å². The summed E-state index contributed by atoms with van der Waals surface area (Å²) in [5.74, 6) is -2.55. The molecule has 0 bridgehead atoms. The Hall–Kier alpha value is -4.07. The van der Waals surface area contributed by atoms with Gasteiger partial charge in [-0.2, -0.15) is 0 Å². The third kappa shape index (κ3) is 10.4. The lowest BCUT2D eigenvalue weighted by atomic mass is 9.98. The number of carboxylic acid groups (broad SMARTS) is 1. The van der Waals surface area contributed by atoms with Gasteiger partial charge in [0.15, 0.2) is 0 Å². The number of hydrogen-bond acceptors (Lipinski definition) is 6. The smallest absolute Gasteiger partial charge is 0.348 e. The van der Waals surface area contributed by atoms with Crippen molar-refractivity contribution in [2.75, 3.05) is 6.54 Å². The van der Waals surface area contributed by atoms with Crippen molar-refractivity contribution in [2.45, 2.75) is 83.7 Å². The van der Waals surface area contributed by atoms with Crippen molar-refractivity contribution in [1.29, 1.82) is 0 Å². The first-order valence-electron chi connectivity index (χ1n) is 14.6. The molecule has 1 atom stereocenters. The molecule has 0 fully saturated rings. The Labute approximate surface area is 241 Å². The van der Waals surface area contributed by atoms with Gasteiger partial charge in [-0.25, -0.2) is 4.79 Å².